The SMILES string of the molecule is CCCCC12CCC3C4CCC(=O)CC4CCC3C1CCC2(C)OCCC. The maximum atomic E-state index is 12.0. The Balaban J connectivity index is 1.58. The van der Waals surface area contributed by atoms with Gasteiger partial charge in [-0.3, -0.25) is 4.79 Å². The van der Waals surface area contributed by atoms with Crippen molar-refractivity contribution in [2.45, 2.75) is 110 Å². The lowest BCUT2D eigenvalue weighted by Crippen LogP contribution is -2.55. The Bertz CT molecular complexity index is 542. The van der Waals surface area contributed by atoms with Crippen LogP contribution in [-0.4, -0.2) is 18.0 Å². The molecule has 0 heterocycles. The van der Waals surface area contributed by atoms with E-state index in [1.54, 1.807) is 0 Å². The Hall–Kier alpha value is -0.370. The lowest BCUT2D eigenvalue weighted by atomic mass is 9.48. The van der Waals surface area contributed by atoms with E-state index in [9.17, 15) is 4.79 Å². The minimum Gasteiger partial charge on any atom is -0.375 e. The molecule has 0 aliphatic heterocycles. The number of hydrogen-bond donors (Lipinski definition) is 0. The van der Waals surface area contributed by atoms with Gasteiger partial charge in [-0.05, 0) is 94.3 Å². The highest BCUT2D eigenvalue weighted by Gasteiger charge is 2.63. The van der Waals surface area contributed by atoms with Gasteiger partial charge in [-0.2, -0.15) is 0 Å². The topological polar surface area (TPSA) is 26.3 Å². The summed E-state index contributed by atoms with van der Waals surface area (Å²) in [5, 5.41) is 0. The van der Waals surface area contributed by atoms with Gasteiger partial charge in [-0.25, -0.2) is 0 Å². The maximum absolute atomic E-state index is 12.0. The molecule has 0 aromatic rings. The van der Waals surface area contributed by atoms with Gasteiger partial charge in [0.25, 0.3) is 0 Å². The van der Waals surface area contributed by atoms with Gasteiger partial charge in [0.1, 0.15) is 5.78 Å². The third-order valence-electron chi connectivity index (χ3n) is 9.56. The normalized spacial score (nSPS) is 46.6. The molecule has 2 heteroatoms. The number of carbonyl (C=O) groups is 1. The van der Waals surface area contributed by atoms with Crippen LogP contribution in [0.3, 0.4) is 0 Å². The quantitative estimate of drug-likeness (QED) is 0.526. The highest BCUT2D eigenvalue weighted by Crippen LogP contribution is 2.67. The van der Waals surface area contributed by atoms with Crippen molar-refractivity contribution >= 4 is 5.78 Å². The molecule has 7 unspecified atom stereocenters. The van der Waals surface area contributed by atoms with Crippen molar-refractivity contribution in [3.63, 3.8) is 0 Å². The molecule has 2 nitrogen and oxygen atoms in total. The van der Waals surface area contributed by atoms with Gasteiger partial charge in [0.05, 0.1) is 5.60 Å². The summed E-state index contributed by atoms with van der Waals surface area (Å²) in [5.41, 5.74) is 0.532. The molecule has 7 atom stereocenters. The first-order valence-electron chi connectivity index (χ1n) is 12.2. The van der Waals surface area contributed by atoms with Crippen molar-refractivity contribution in [3.05, 3.63) is 0 Å². The third-order valence-corrected chi connectivity index (χ3v) is 9.56. The van der Waals surface area contributed by atoms with Crippen LogP contribution in [0.4, 0.5) is 0 Å². The molecular weight excluding hydrogens is 332 g/mol. The molecule has 0 bridgehead atoms. The number of carbonyl (C=O) groups excluding carboxylic acids is 1. The minimum absolute atomic E-state index is 0.104. The number of unbranched alkanes of at least 4 members (excludes halogenated alkanes) is 1. The van der Waals surface area contributed by atoms with Gasteiger partial charge in [0.2, 0.25) is 0 Å². The van der Waals surface area contributed by atoms with Crippen LogP contribution in [0.15, 0.2) is 0 Å². The predicted octanol–water partition coefficient (Wildman–Crippen LogP) is 6.56. The van der Waals surface area contributed by atoms with Crippen molar-refractivity contribution in [3.8, 4) is 0 Å². The molecule has 154 valence electrons. The van der Waals surface area contributed by atoms with Gasteiger partial charge in [-0.1, -0.05) is 26.7 Å². The fourth-order valence-corrected chi connectivity index (χ4v) is 8.31. The number of hydrogen-bond acceptors (Lipinski definition) is 2. The van der Waals surface area contributed by atoms with Crippen molar-refractivity contribution in [1.82, 2.24) is 0 Å². The zero-order valence-corrected chi connectivity index (χ0v) is 18.1. The number of Topliss-reactive ketones (excluding diaryl/α,β-unsaturated/α-hetero) is 1. The summed E-state index contributed by atoms with van der Waals surface area (Å²) >= 11 is 0. The predicted molar refractivity (Wildman–Crippen MR) is 111 cm³/mol. The van der Waals surface area contributed by atoms with E-state index in [1.807, 2.05) is 0 Å². The van der Waals surface area contributed by atoms with Crippen LogP contribution in [0, 0.1) is 35.0 Å². The Morgan fingerprint density at radius 3 is 2.59 bits per heavy atom. The number of fused-ring (bicyclic) bond motifs is 5. The van der Waals surface area contributed by atoms with E-state index in [0.29, 0.717) is 11.2 Å². The van der Waals surface area contributed by atoms with Crippen LogP contribution in [0.5, 0.6) is 0 Å². The average molecular weight is 375 g/mol. The summed E-state index contributed by atoms with van der Waals surface area (Å²) in [6.45, 7) is 8.00. The molecule has 4 rings (SSSR count). The molecule has 0 N–H and O–H groups in total. The Morgan fingerprint density at radius 2 is 1.81 bits per heavy atom. The van der Waals surface area contributed by atoms with Crippen LogP contribution < -0.4 is 0 Å². The molecule has 4 fully saturated rings. The van der Waals surface area contributed by atoms with E-state index < -0.39 is 0 Å². The lowest BCUT2D eigenvalue weighted by molar-refractivity contribution is -0.164. The molecule has 4 aliphatic carbocycles. The summed E-state index contributed by atoms with van der Waals surface area (Å²) in [7, 11) is 0. The Morgan fingerprint density at radius 1 is 0.963 bits per heavy atom. The molecule has 4 saturated carbocycles. The number of ether oxygens (including phenoxy) is 1. The summed E-state index contributed by atoms with van der Waals surface area (Å²) in [5.74, 6) is 4.82. The molecule has 0 amide bonds. The minimum atomic E-state index is 0.104. The van der Waals surface area contributed by atoms with Crippen molar-refractivity contribution in [1.29, 1.82) is 0 Å². The molecular formula is C25H42O2. The van der Waals surface area contributed by atoms with Crippen LogP contribution in [0.1, 0.15) is 104 Å². The van der Waals surface area contributed by atoms with Crippen molar-refractivity contribution in [2.24, 2.45) is 35.0 Å². The lowest BCUT2D eigenvalue weighted by Gasteiger charge is -2.58. The van der Waals surface area contributed by atoms with E-state index in [1.165, 1.54) is 64.2 Å². The number of rotatable bonds is 6. The zero-order chi connectivity index (χ0) is 19.1. The zero-order valence-electron chi connectivity index (χ0n) is 18.1. The highest BCUT2D eigenvalue weighted by atomic mass is 16.5. The Labute approximate surface area is 167 Å². The first kappa shape index (κ1) is 19.9. The summed E-state index contributed by atoms with van der Waals surface area (Å²) < 4.78 is 6.67. The van der Waals surface area contributed by atoms with E-state index in [0.717, 1.165) is 55.5 Å². The van der Waals surface area contributed by atoms with Crippen molar-refractivity contribution < 1.29 is 9.53 Å². The summed E-state index contributed by atoms with van der Waals surface area (Å²) in [4.78, 5) is 12.0. The van der Waals surface area contributed by atoms with Gasteiger partial charge in [0.15, 0.2) is 0 Å². The second-order valence-corrected chi connectivity index (χ2v) is 10.6. The average Bonchev–Trinajstić information content (AvgIpc) is 2.97. The van der Waals surface area contributed by atoms with Crippen LogP contribution in [0.25, 0.3) is 0 Å². The fourth-order valence-electron chi connectivity index (χ4n) is 8.31. The smallest absolute Gasteiger partial charge is 0.133 e. The number of ketones is 1. The van der Waals surface area contributed by atoms with Gasteiger partial charge < -0.3 is 4.74 Å². The molecule has 0 aromatic carbocycles. The molecule has 0 radical (unpaired) electrons. The van der Waals surface area contributed by atoms with Crippen molar-refractivity contribution in [2.75, 3.05) is 6.61 Å². The fraction of sp³-hybridized carbons (Fsp3) is 0.960. The highest BCUT2D eigenvalue weighted by molar-refractivity contribution is 5.79. The van der Waals surface area contributed by atoms with E-state index in [-0.39, 0.29) is 5.60 Å². The molecule has 0 saturated heterocycles. The van der Waals surface area contributed by atoms with E-state index in [4.69, 9.17) is 4.74 Å². The van der Waals surface area contributed by atoms with Crippen LogP contribution >= 0.6 is 0 Å². The first-order chi connectivity index (χ1) is 13.0. The van der Waals surface area contributed by atoms with Gasteiger partial charge in [-0.15, -0.1) is 0 Å². The summed E-state index contributed by atoms with van der Waals surface area (Å²) in [6.07, 6.45) is 16.3. The van der Waals surface area contributed by atoms with Crippen LogP contribution in [0.2, 0.25) is 0 Å². The second kappa shape index (κ2) is 7.81. The maximum Gasteiger partial charge on any atom is 0.133 e. The monoisotopic (exact) mass is 374 g/mol. The van der Waals surface area contributed by atoms with E-state index >= 15 is 0 Å². The summed E-state index contributed by atoms with van der Waals surface area (Å²) in [6, 6.07) is 0. The molecule has 27 heavy (non-hydrogen) atoms. The second-order valence-electron chi connectivity index (χ2n) is 10.6. The molecule has 0 spiro atoms. The molecule has 4 aliphatic rings. The molecule has 0 aromatic heterocycles. The first-order valence-corrected chi connectivity index (χ1v) is 12.2. The Kier molecular flexibility index (Phi) is 5.76. The van der Waals surface area contributed by atoms with Gasteiger partial charge >= 0.3 is 0 Å². The standard InChI is InChI=1S/C25H42O2/c1-4-6-13-25-15-11-21-20-10-8-19(26)17-18(20)7-9-22(21)23(25)12-14-24(25,3)27-16-5-2/h18,20-23H,4-17H2,1-3H3. The van der Waals surface area contributed by atoms with E-state index in [2.05, 4.69) is 20.8 Å². The van der Waals surface area contributed by atoms with Crippen LogP contribution in [-0.2, 0) is 9.53 Å². The third kappa shape index (κ3) is 3.22. The van der Waals surface area contributed by atoms with Gasteiger partial charge in [0, 0.05) is 24.9 Å². The largest absolute Gasteiger partial charge is 0.375 e.